The zero-order valence-electron chi connectivity index (χ0n) is 8.36. The molecule has 2 atom stereocenters. The largest absolute Gasteiger partial charge is 0.409 e. The predicted octanol–water partition coefficient (Wildman–Crippen LogP) is -1.63. The molecule has 0 radical (unpaired) electrons. The van der Waals surface area contributed by atoms with E-state index in [4.69, 9.17) is 10.9 Å². The summed E-state index contributed by atoms with van der Waals surface area (Å²) in [7, 11) is 0. The lowest BCUT2D eigenvalue weighted by Crippen LogP contribution is -2.43. The van der Waals surface area contributed by atoms with Crippen LogP contribution >= 0.6 is 0 Å². The Morgan fingerprint density at radius 1 is 1.80 bits per heavy atom. The van der Waals surface area contributed by atoms with Gasteiger partial charge < -0.3 is 21.6 Å². The van der Waals surface area contributed by atoms with Crippen LogP contribution in [0.5, 0.6) is 0 Å². The Bertz CT molecular complexity index is 302. The highest BCUT2D eigenvalue weighted by molar-refractivity contribution is 6.01. The molecular weight excluding hydrogens is 200 g/mol. The summed E-state index contributed by atoms with van der Waals surface area (Å²) in [6.07, 6.45) is 0.272. The molecule has 0 saturated carbocycles. The highest BCUT2D eigenvalue weighted by Gasteiger charge is 2.26. The van der Waals surface area contributed by atoms with Crippen LogP contribution in [0, 0.1) is 5.92 Å². The van der Waals surface area contributed by atoms with Crippen molar-refractivity contribution < 1.29 is 14.8 Å². The standard InChI is InChI=1S/C8H14N4O3/c1-4(7(9)12-15)8(14)11-5-2-6(13)10-3-5/h4-5,15H,2-3H2,1H3,(H2,9,12)(H,10,13)(H,11,14). The average molecular weight is 214 g/mol. The van der Waals surface area contributed by atoms with Crippen molar-refractivity contribution in [1.82, 2.24) is 10.6 Å². The van der Waals surface area contributed by atoms with Crippen molar-refractivity contribution in [3.05, 3.63) is 0 Å². The molecule has 0 spiro atoms. The summed E-state index contributed by atoms with van der Waals surface area (Å²) in [6, 6.07) is -0.209. The Morgan fingerprint density at radius 2 is 2.47 bits per heavy atom. The third-order valence-electron chi connectivity index (χ3n) is 2.28. The fraction of sp³-hybridized carbons (Fsp3) is 0.625. The van der Waals surface area contributed by atoms with Crippen molar-refractivity contribution in [3.63, 3.8) is 0 Å². The molecule has 2 amide bonds. The minimum Gasteiger partial charge on any atom is -0.409 e. The van der Waals surface area contributed by atoms with E-state index in [1.54, 1.807) is 0 Å². The Morgan fingerprint density at radius 3 is 2.93 bits per heavy atom. The second kappa shape index (κ2) is 4.63. The van der Waals surface area contributed by atoms with E-state index >= 15 is 0 Å². The second-order valence-electron chi connectivity index (χ2n) is 3.46. The summed E-state index contributed by atoms with van der Waals surface area (Å²) >= 11 is 0. The molecule has 7 heteroatoms. The van der Waals surface area contributed by atoms with Crippen molar-refractivity contribution in [2.75, 3.05) is 6.54 Å². The molecule has 0 aromatic heterocycles. The fourth-order valence-corrected chi connectivity index (χ4v) is 1.25. The van der Waals surface area contributed by atoms with Crippen molar-refractivity contribution >= 4 is 17.6 Å². The molecule has 1 aliphatic rings. The highest BCUT2D eigenvalue weighted by Crippen LogP contribution is 2.02. The van der Waals surface area contributed by atoms with Gasteiger partial charge in [0.05, 0.1) is 12.0 Å². The van der Waals surface area contributed by atoms with Crippen LogP contribution in [0.1, 0.15) is 13.3 Å². The number of amides is 2. The topological polar surface area (TPSA) is 117 Å². The van der Waals surface area contributed by atoms with Crippen LogP contribution in [-0.4, -0.2) is 35.4 Å². The van der Waals surface area contributed by atoms with Crippen molar-refractivity contribution in [2.45, 2.75) is 19.4 Å². The summed E-state index contributed by atoms with van der Waals surface area (Å²) in [6.45, 7) is 1.95. The third kappa shape index (κ3) is 2.83. The molecule has 5 N–H and O–H groups in total. The minimum absolute atomic E-state index is 0.0863. The van der Waals surface area contributed by atoms with E-state index in [0.717, 1.165) is 0 Å². The molecule has 2 unspecified atom stereocenters. The lowest BCUT2D eigenvalue weighted by molar-refractivity contribution is -0.123. The van der Waals surface area contributed by atoms with Crippen molar-refractivity contribution in [1.29, 1.82) is 0 Å². The molecule has 1 saturated heterocycles. The van der Waals surface area contributed by atoms with Gasteiger partial charge in [0.25, 0.3) is 0 Å². The zero-order chi connectivity index (χ0) is 11.4. The fourth-order valence-electron chi connectivity index (χ4n) is 1.25. The molecule has 15 heavy (non-hydrogen) atoms. The van der Waals surface area contributed by atoms with E-state index in [0.29, 0.717) is 6.54 Å². The molecule has 0 aliphatic carbocycles. The quantitative estimate of drug-likeness (QED) is 0.195. The maximum absolute atomic E-state index is 11.5. The van der Waals surface area contributed by atoms with E-state index < -0.39 is 5.92 Å². The molecule has 1 fully saturated rings. The van der Waals surface area contributed by atoms with Crippen molar-refractivity contribution in [3.8, 4) is 0 Å². The third-order valence-corrected chi connectivity index (χ3v) is 2.28. The van der Waals surface area contributed by atoms with Gasteiger partial charge in [0.1, 0.15) is 0 Å². The number of oxime groups is 1. The summed E-state index contributed by atoms with van der Waals surface area (Å²) in [5.74, 6) is -1.29. The number of rotatable bonds is 3. The Hall–Kier alpha value is -1.79. The lowest BCUT2D eigenvalue weighted by atomic mass is 10.1. The summed E-state index contributed by atoms with van der Waals surface area (Å²) in [4.78, 5) is 22.3. The number of carbonyl (C=O) groups excluding carboxylic acids is 2. The van der Waals surface area contributed by atoms with Gasteiger partial charge in [-0.25, -0.2) is 0 Å². The summed E-state index contributed by atoms with van der Waals surface area (Å²) in [5.41, 5.74) is 5.28. The maximum atomic E-state index is 11.5. The maximum Gasteiger partial charge on any atom is 0.230 e. The summed E-state index contributed by atoms with van der Waals surface area (Å²) < 4.78 is 0. The van der Waals surface area contributed by atoms with Gasteiger partial charge in [-0.2, -0.15) is 0 Å². The van der Waals surface area contributed by atoms with Crippen LogP contribution < -0.4 is 16.4 Å². The molecular formula is C8H14N4O3. The molecule has 0 aromatic rings. The number of hydrogen-bond acceptors (Lipinski definition) is 4. The number of carbonyl (C=O) groups is 2. The van der Waals surface area contributed by atoms with Crippen LogP contribution in [0.25, 0.3) is 0 Å². The number of amidine groups is 1. The smallest absolute Gasteiger partial charge is 0.230 e. The van der Waals surface area contributed by atoms with Gasteiger partial charge in [-0.15, -0.1) is 0 Å². The Balaban J connectivity index is 2.45. The van der Waals surface area contributed by atoms with E-state index in [1.807, 2.05) is 0 Å². The number of nitrogens with two attached hydrogens (primary N) is 1. The second-order valence-corrected chi connectivity index (χ2v) is 3.46. The molecule has 1 rings (SSSR count). The van der Waals surface area contributed by atoms with Gasteiger partial charge in [-0.1, -0.05) is 5.16 Å². The van der Waals surface area contributed by atoms with Crippen molar-refractivity contribution in [2.24, 2.45) is 16.8 Å². The zero-order valence-corrected chi connectivity index (χ0v) is 8.36. The molecule has 84 valence electrons. The van der Waals surface area contributed by atoms with Crippen LogP contribution in [0.2, 0.25) is 0 Å². The Labute approximate surface area is 86.7 Å². The van der Waals surface area contributed by atoms with Crippen LogP contribution in [-0.2, 0) is 9.59 Å². The van der Waals surface area contributed by atoms with Gasteiger partial charge in [0.15, 0.2) is 5.84 Å². The number of nitrogens with one attached hydrogen (secondary N) is 2. The van der Waals surface area contributed by atoms with Crippen LogP contribution in [0.4, 0.5) is 0 Å². The van der Waals surface area contributed by atoms with Gasteiger partial charge in [0, 0.05) is 13.0 Å². The van der Waals surface area contributed by atoms with Gasteiger partial charge >= 0.3 is 0 Å². The highest BCUT2D eigenvalue weighted by atomic mass is 16.4. The predicted molar refractivity (Wildman–Crippen MR) is 52.1 cm³/mol. The van der Waals surface area contributed by atoms with E-state index in [9.17, 15) is 9.59 Å². The average Bonchev–Trinajstić information content (AvgIpc) is 2.61. The number of hydrogen-bond donors (Lipinski definition) is 4. The first-order valence-corrected chi connectivity index (χ1v) is 4.59. The minimum atomic E-state index is -0.703. The first-order chi connectivity index (χ1) is 7.04. The molecule has 1 aliphatic heterocycles. The monoisotopic (exact) mass is 214 g/mol. The first kappa shape index (κ1) is 11.3. The van der Waals surface area contributed by atoms with E-state index in [2.05, 4.69) is 15.8 Å². The molecule has 1 heterocycles. The van der Waals surface area contributed by atoms with Gasteiger partial charge in [0.2, 0.25) is 11.8 Å². The molecule has 7 nitrogen and oxygen atoms in total. The Kier molecular flexibility index (Phi) is 3.48. The van der Waals surface area contributed by atoms with Gasteiger partial charge in [-0.3, -0.25) is 9.59 Å². The SMILES string of the molecule is CC(C(=O)NC1CNC(=O)C1)C(N)=NO. The van der Waals surface area contributed by atoms with Crippen LogP contribution in [0.3, 0.4) is 0 Å². The normalized spacial score (nSPS) is 23.4. The molecule has 0 bridgehead atoms. The lowest BCUT2D eigenvalue weighted by Gasteiger charge is -2.14. The number of nitrogens with zero attached hydrogens (tertiary/aromatic N) is 1. The summed E-state index contributed by atoms with van der Waals surface area (Å²) in [5, 5.41) is 16.3. The van der Waals surface area contributed by atoms with E-state index in [1.165, 1.54) is 6.92 Å². The molecule has 0 aromatic carbocycles. The van der Waals surface area contributed by atoms with E-state index in [-0.39, 0.29) is 30.1 Å². The van der Waals surface area contributed by atoms with Crippen LogP contribution in [0.15, 0.2) is 5.16 Å². The first-order valence-electron chi connectivity index (χ1n) is 4.59. The van der Waals surface area contributed by atoms with Gasteiger partial charge in [-0.05, 0) is 6.92 Å².